The lowest BCUT2D eigenvalue weighted by molar-refractivity contribution is 0.412. The summed E-state index contributed by atoms with van der Waals surface area (Å²) in [6.45, 7) is 13.6. The van der Waals surface area contributed by atoms with Gasteiger partial charge in [-0.1, -0.05) is 12.1 Å². The first-order valence-corrected chi connectivity index (χ1v) is 7.22. The lowest BCUT2D eigenvalue weighted by Crippen LogP contribution is -2.27. The van der Waals surface area contributed by atoms with E-state index < -0.39 is 7.12 Å². The summed E-state index contributed by atoms with van der Waals surface area (Å²) in [5.41, 5.74) is 2.61. The molecule has 4 rings (SSSR count). The van der Waals surface area contributed by atoms with Gasteiger partial charge in [0.2, 0.25) is 0 Å². The first-order valence-electron chi connectivity index (χ1n) is 7.22. The van der Waals surface area contributed by atoms with Gasteiger partial charge in [-0.15, -0.1) is 0 Å². The Balaban J connectivity index is 0.000000150. The minimum absolute atomic E-state index is 0.0853. The maximum absolute atomic E-state index is 8.85. The second-order valence-electron chi connectivity index (χ2n) is 5.11. The highest BCUT2D eigenvalue weighted by atomic mass is 16.4. The van der Waals surface area contributed by atoms with Crippen LogP contribution in [0.2, 0.25) is 0 Å². The van der Waals surface area contributed by atoms with Gasteiger partial charge in [-0.05, 0) is 36.4 Å². The van der Waals surface area contributed by atoms with E-state index >= 15 is 0 Å². The van der Waals surface area contributed by atoms with E-state index in [-0.39, 0.29) is 5.66 Å². The number of nitrogens with zero attached hydrogens (tertiary/aromatic N) is 2. The van der Waals surface area contributed by atoms with Crippen molar-refractivity contribution in [1.29, 1.82) is 0 Å². The molecular formula is C18H11BN2O4. The Kier molecular flexibility index (Phi) is 4.54. The van der Waals surface area contributed by atoms with Crippen molar-refractivity contribution < 1.29 is 18.9 Å². The molecule has 0 saturated carbocycles. The zero-order valence-corrected chi connectivity index (χ0v) is 12.9. The molecule has 120 valence electrons. The molecule has 7 heteroatoms. The minimum atomic E-state index is -1.61. The molecule has 0 atom stereocenters. The summed E-state index contributed by atoms with van der Waals surface area (Å²) >= 11 is 0. The van der Waals surface area contributed by atoms with Crippen LogP contribution in [0.25, 0.3) is 31.6 Å². The van der Waals surface area contributed by atoms with Crippen LogP contribution < -0.4 is 5.66 Å². The van der Waals surface area contributed by atoms with E-state index in [4.69, 9.17) is 32.0 Å². The number of hydrogen-bond acceptors (Lipinski definition) is 4. The summed E-state index contributed by atoms with van der Waals surface area (Å²) in [5.74, 6) is 0. The van der Waals surface area contributed by atoms with Crippen LogP contribution in [0.15, 0.2) is 63.6 Å². The Hall–Kier alpha value is -3.52. The number of rotatable bonds is 1. The molecule has 2 heterocycles. The van der Waals surface area contributed by atoms with E-state index in [1.807, 2.05) is 18.2 Å². The smallest absolute Gasteiger partial charge is 0.465 e. The van der Waals surface area contributed by atoms with Gasteiger partial charge in [0.1, 0.15) is 16.8 Å². The Labute approximate surface area is 143 Å². The summed E-state index contributed by atoms with van der Waals surface area (Å²) in [5, 5.41) is 19.4. The lowest BCUT2D eigenvalue weighted by Gasteiger charge is -1.89. The van der Waals surface area contributed by atoms with Gasteiger partial charge in [-0.3, -0.25) is 0 Å². The summed E-state index contributed by atoms with van der Waals surface area (Å²) in [7, 11) is -1.61. The van der Waals surface area contributed by atoms with Crippen molar-refractivity contribution in [3.63, 3.8) is 0 Å². The molecule has 0 radical (unpaired) electrons. The van der Waals surface area contributed by atoms with Crippen LogP contribution in [0.3, 0.4) is 0 Å². The molecule has 0 amide bonds. The van der Waals surface area contributed by atoms with Crippen molar-refractivity contribution in [3.8, 4) is 0 Å². The van der Waals surface area contributed by atoms with Crippen LogP contribution >= 0.6 is 0 Å². The second kappa shape index (κ2) is 6.94. The van der Waals surface area contributed by atoms with Gasteiger partial charge in [0.05, 0.1) is 19.4 Å². The molecule has 0 bridgehead atoms. The SMILES string of the molecule is [C-]#[N+]c1ccc2oc(B(O)O)cc2c1.[C-]#[N+]c1ccc2occc2c1. The van der Waals surface area contributed by atoms with Crippen LogP contribution in [0, 0.1) is 13.1 Å². The third kappa shape index (κ3) is 3.54. The Morgan fingerprint density at radius 2 is 1.44 bits per heavy atom. The summed E-state index contributed by atoms with van der Waals surface area (Å²) < 4.78 is 10.2. The standard InChI is InChI=1S/C9H6BNO3.C9H5NO/c1-11-7-2-3-8-6(4-7)5-9(14-8)10(12)13;1-10-8-2-3-9-7(6-8)4-5-11-9/h2-5,12-13H;2-6H. The molecule has 0 saturated heterocycles. The Morgan fingerprint density at radius 3 is 2.08 bits per heavy atom. The molecule has 0 unspecified atom stereocenters. The Morgan fingerprint density at radius 1 is 0.800 bits per heavy atom. The van der Waals surface area contributed by atoms with Crippen molar-refractivity contribution in [3.05, 3.63) is 77.6 Å². The van der Waals surface area contributed by atoms with Crippen LogP contribution in [0.5, 0.6) is 0 Å². The monoisotopic (exact) mass is 330 g/mol. The molecular weight excluding hydrogens is 319 g/mol. The quantitative estimate of drug-likeness (QED) is 0.413. The first kappa shape index (κ1) is 16.3. The minimum Gasteiger partial charge on any atom is -0.465 e. The number of furan rings is 2. The number of fused-ring (bicyclic) bond motifs is 2. The van der Waals surface area contributed by atoms with Crippen LogP contribution in [-0.2, 0) is 0 Å². The van der Waals surface area contributed by atoms with Gasteiger partial charge in [-0.25, -0.2) is 9.69 Å². The van der Waals surface area contributed by atoms with E-state index in [0.29, 0.717) is 22.3 Å². The normalized spacial score (nSPS) is 9.92. The molecule has 0 spiro atoms. The van der Waals surface area contributed by atoms with Gasteiger partial charge in [0.25, 0.3) is 0 Å². The van der Waals surface area contributed by atoms with Gasteiger partial charge in [-0.2, -0.15) is 0 Å². The molecule has 0 aliphatic rings. The van der Waals surface area contributed by atoms with E-state index in [9.17, 15) is 0 Å². The fourth-order valence-electron chi connectivity index (χ4n) is 2.27. The molecule has 2 N–H and O–H groups in total. The van der Waals surface area contributed by atoms with Crippen molar-refractivity contribution >= 4 is 46.1 Å². The van der Waals surface area contributed by atoms with Gasteiger partial charge < -0.3 is 18.9 Å². The van der Waals surface area contributed by atoms with E-state index in [1.165, 1.54) is 6.07 Å². The molecule has 0 fully saturated rings. The van der Waals surface area contributed by atoms with E-state index in [2.05, 4.69) is 9.69 Å². The van der Waals surface area contributed by atoms with Crippen molar-refractivity contribution in [1.82, 2.24) is 0 Å². The van der Waals surface area contributed by atoms with E-state index in [0.717, 1.165) is 11.0 Å². The van der Waals surface area contributed by atoms with Crippen molar-refractivity contribution in [2.45, 2.75) is 0 Å². The molecule has 0 aliphatic carbocycles. The second-order valence-corrected chi connectivity index (χ2v) is 5.11. The molecule has 4 aromatic rings. The molecule has 25 heavy (non-hydrogen) atoms. The number of hydrogen-bond donors (Lipinski definition) is 2. The van der Waals surface area contributed by atoms with Crippen molar-refractivity contribution in [2.24, 2.45) is 0 Å². The zero-order valence-electron chi connectivity index (χ0n) is 12.9. The Bertz CT molecular complexity index is 1120. The third-order valence-electron chi connectivity index (χ3n) is 3.47. The first-order chi connectivity index (χ1) is 12.1. The zero-order chi connectivity index (χ0) is 17.8. The fraction of sp³-hybridized carbons (Fsp3) is 0. The summed E-state index contributed by atoms with van der Waals surface area (Å²) in [6.07, 6.45) is 1.62. The molecule has 2 aromatic carbocycles. The van der Waals surface area contributed by atoms with Crippen LogP contribution in [0.1, 0.15) is 0 Å². The fourth-order valence-corrected chi connectivity index (χ4v) is 2.27. The van der Waals surface area contributed by atoms with Crippen molar-refractivity contribution in [2.75, 3.05) is 0 Å². The highest BCUT2D eigenvalue weighted by Crippen LogP contribution is 2.22. The van der Waals surface area contributed by atoms with Crippen LogP contribution in [0.4, 0.5) is 11.4 Å². The predicted molar refractivity (Wildman–Crippen MR) is 94.8 cm³/mol. The highest BCUT2D eigenvalue weighted by Gasteiger charge is 2.16. The highest BCUT2D eigenvalue weighted by molar-refractivity contribution is 6.57. The maximum Gasteiger partial charge on any atom is 0.526 e. The number of benzene rings is 2. The maximum atomic E-state index is 8.85. The summed E-state index contributed by atoms with van der Waals surface area (Å²) in [4.78, 5) is 6.57. The van der Waals surface area contributed by atoms with Gasteiger partial charge in [0.15, 0.2) is 11.4 Å². The summed E-state index contributed by atoms with van der Waals surface area (Å²) in [6, 6.07) is 13.6. The van der Waals surface area contributed by atoms with Gasteiger partial charge in [0, 0.05) is 10.8 Å². The average Bonchev–Trinajstić information content (AvgIpc) is 3.27. The van der Waals surface area contributed by atoms with E-state index in [1.54, 1.807) is 30.5 Å². The molecule has 2 aromatic heterocycles. The lowest BCUT2D eigenvalue weighted by atomic mass is 9.88. The topological polar surface area (TPSA) is 75.5 Å². The average molecular weight is 330 g/mol. The van der Waals surface area contributed by atoms with Gasteiger partial charge >= 0.3 is 7.12 Å². The predicted octanol–water partition coefficient (Wildman–Crippen LogP) is 3.65. The molecule has 6 nitrogen and oxygen atoms in total. The third-order valence-corrected chi connectivity index (χ3v) is 3.47. The largest absolute Gasteiger partial charge is 0.526 e. The van der Waals surface area contributed by atoms with Crippen LogP contribution in [-0.4, -0.2) is 17.2 Å². The molecule has 0 aliphatic heterocycles.